The number of anilines is 1. The average Bonchev–Trinajstić information content (AvgIpc) is 3.28. The molecule has 166 valence electrons. The van der Waals surface area contributed by atoms with Crippen LogP contribution in [-0.2, 0) is 10.7 Å². The second kappa shape index (κ2) is 10.7. The van der Waals surface area contributed by atoms with E-state index in [0.29, 0.717) is 5.92 Å². The molecule has 1 atom stereocenters. The molecule has 5 heteroatoms. The van der Waals surface area contributed by atoms with E-state index in [1.165, 1.54) is 12.1 Å². The highest BCUT2D eigenvalue weighted by molar-refractivity contribution is 5.68. The van der Waals surface area contributed by atoms with Gasteiger partial charge in [0.25, 0.3) is 5.92 Å². The van der Waals surface area contributed by atoms with Gasteiger partial charge in [0, 0.05) is 48.5 Å². The van der Waals surface area contributed by atoms with Gasteiger partial charge in [-0.1, -0.05) is 61.9 Å². The van der Waals surface area contributed by atoms with Crippen molar-refractivity contribution < 1.29 is 13.5 Å². The summed E-state index contributed by atoms with van der Waals surface area (Å²) in [5, 5.41) is 5.61. The van der Waals surface area contributed by atoms with Gasteiger partial charge in [-0.2, -0.15) is 0 Å². The van der Waals surface area contributed by atoms with Gasteiger partial charge in [0.15, 0.2) is 0 Å². The molecule has 2 heterocycles. The number of pyridine rings is 1. The van der Waals surface area contributed by atoms with Crippen LogP contribution in [0.1, 0.15) is 45.6 Å². The maximum absolute atomic E-state index is 13.7. The number of halogens is 2. The quantitative estimate of drug-likeness (QED) is 0.626. The van der Waals surface area contributed by atoms with E-state index in [1.54, 1.807) is 12.1 Å². The van der Waals surface area contributed by atoms with E-state index in [-0.39, 0.29) is 5.56 Å². The number of ether oxygens (including phenoxy) is 1. The third-order valence-electron chi connectivity index (χ3n) is 5.54. The van der Waals surface area contributed by atoms with Gasteiger partial charge >= 0.3 is 0 Å². The second-order valence-corrected chi connectivity index (χ2v) is 8.11. The van der Waals surface area contributed by atoms with Crippen molar-refractivity contribution in [1.29, 1.82) is 0 Å². The lowest BCUT2D eigenvalue weighted by Gasteiger charge is -2.14. The Labute approximate surface area is 183 Å². The van der Waals surface area contributed by atoms with Crippen LogP contribution < -0.4 is 15.8 Å². The van der Waals surface area contributed by atoms with Crippen molar-refractivity contribution in [2.45, 2.75) is 46.0 Å². The minimum Gasteiger partial charge on any atom is -0.381 e. The van der Waals surface area contributed by atoms with Crippen molar-refractivity contribution in [2.75, 3.05) is 25.1 Å². The normalized spacial score (nSPS) is 18.3. The Hall–Kier alpha value is -2.53. The monoisotopic (exact) mass is 426 g/mol. The van der Waals surface area contributed by atoms with Gasteiger partial charge in [-0.3, -0.25) is 0 Å². The van der Waals surface area contributed by atoms with Crippen LogP contribution in [-0.4, -0.2) is 24.7 Å². The van der Waals surface area contributed by atoms with E-state index >= 15 is 0 Å². The predicted molar refractivity (Wildman–Crippen MR) is 125 cm³/mol. The van der Waals surface area contributed by atoms with Crippen LogP contribution in [0.25, 0.3) is 23.3 Å². The SMILES string of the molecule is C\C=C/C=c1/c(NCC2CCOC2)ncc(-c2ccc(C(C)(F)F)cc2)/c1=C\CCC. The predicted octanol–water partition coefficient (Wildman–Crippen LogP) is 5.25. The fourth-order valence-electron chi connectivity index (χ4n) is 3.71. The highest BCUT2D eigenvalue weighted by atomic mass is 19.3. The summed E-state index contributed by atoms with van der Waals surface area (Å²) in [7, 11) is 0. The summed E-state index contributed by atoms with van der Waals surface area (Å²) < 4.78 is 32.8. The Kier molecular flexibility index (Phi) is 7.97. The third-order valence-corrected chi connectivity index (χ3v) is 5.54. The molecule has 1 unspecified atom stereocenters. The summed E-state index contributed by atoms with van der Waals surface area (Å²) in [6.07, 6.45) is 13.1. The van der Waals surface area contributed by atoms with Crippen molar-refractivity contribution in [1.82, 2.24) is 4.98 Å². The summed E-state index contributed by atoms with van der Waals surface area (Å²) >= 11 is 0. The number of nitrogens with one attached hydrogen (secondary N) is 1. The molecule has 1 aromatic heterocycles. The van der Waals surface area contributed by atoms with Crippen LogP contribution in [0.5, 0.6) is 0 Å². The van der Waals surface area contributed by atoms with Crippen molar-refractivity contribution in [3.05, 3.63) is 58.6 Å². The maximum Gasteiger partial charge on any atom is 0.270 e. The van der Waals surface area contributed by atoms with Gasteiger partial charge < -0.3 is 10.1 Å². The Morgan fingerprint density at radius 3 is 2.61 bits per heavy atom. The summed E-state index contributed by atoms with van der Waals surface area (Å²) in [6.45, 7) is 7.46. The van der Waals surface area contributed by atoms with E-state index in [1.807, 2.05) is 25.3 Å². The molecule has 31 heavy (non-hydrogen) atoms. The van der Waals surface area contributed by atoms with Crippen LogP contribution in [0, 0.1) is 5.92 Å². The van der Waals surface area contributed by atoms with Crippen LogP contribution in [0.2, 0.25) is 0 Å². The molecule has 0 aliphatic carbocycles. The van der Waals surface area contributed by atoms with Gasteiger partial charge in [0.05, 0.1) is 6.61 Å². The van der Waals surface area contributed by atoms with E-state index in [2.05, 4.69) is 24.4 Å². The number of rotatable bonds is 8. The number of benzene rings is 1. The van der Waals surface area contributed by atoms with Crippen LogP contribution >= 0.6 is 0 Å². The zero-order valence-electron chi connectivity index (χ0n) is 18.6. The highest BCUT2D eigenvalue weighted by Crippen LogP contribution is 2.28. The minimum atomic E-state index is -2.85. The first kappa shape index (κ1) is 23.1. The van der Waals surface area contributed by atoms with Gasteiger partial charge in [-0.05, 0) is 30.5 Å². The molecule has 2 aromatic rings. The molecule has 1 fully saturated rings. The Bertz CT molecular complexity index is 1000. The van der Waals surface area contributed by atoms with E-state index in [4.69, 9.17) is 9.72 Å². The Morgan fingerprint density at radius 2 is 2.00 bits per heavy atom. The number of allylic oxidation sites excluding steroid dienone is 2. The van der Waals surface area contributed by atoms with Crippen molar-refractivity contribution in [3.63, 3.8) is 0 Å². The first-order valence-corrected chi connectivity index (χ1v) is 11.1. The molecule has 3 nitrogen and oxygen atoms in total. The summed E-state index contributed by atoms with van der Waals surface area (Å²) in [6, 6.07) is 6.52. The first-order valence-electron chi connectivity index (χ1n) is 11.1. The molecule has 1 aliphatic heterocycles. The van der Waals surface area contributed by atoms with E-state index < -0.39 is 5.92 Å². The minimum absolute atomic E-state index is 0.0149. The van der Waals surface area contributed by atoms with Gasteiger partial charge in [-0.15, -0.1) is 0 Å². The third kappa shape index (κ3) is 6.01. The smallest absolute Gasteiger partial charge is 0.270 e. The number of unbranched alkanes of at least 4 members (excludes halogenated alkanes) is 1. The first-order chi connectivity index (χ1) is 14.9. The molecule has 0 radical (unpaired) electrons. The van der Waals surface area contributed by atoms with Crippen molar-refractivity contribution >= 4 is 18.0 Å². The zero-order valence-corrected chi connectivity index (χ0v) is 18.6. The molecule has 3 rings (SSSR count). The van der Waals surface area contributed by atoms with Crippen molar-refractivity contribution in [3.8, 4) is 11.1 Å². The van der Waals surface area contributed by atoms with E-state index in [9.17, 15) is 8.78 Å². The second-order valence-electron chi connectivity index (χ2n) is 8.11. The summed E-state index contributed by atoms with van der Waals surface area (Å²) in [5.74, 6) is -1.52. The molecule has 1 saturated heterocycles. The number of hydrogen-bond donors (Lipinski definition) is 1. The molecule has 0 saturated carbocycles. The topological polar surface area (TPSA) is 34.1 Å². The number of aromatic nitrogens is 1. The number of hydrogen-bond acceptors (Lipinski definition) is 3. The van der Waals surface area contributed by atoms with Gasteiger partial charge in [0.2, 0.25) is 0 Å². The lowest BCUT2D eigenvalue weighted by atomic mass is 9.99. The molecular formula is C26H32F2N2O. The average molecular weight is 427 g/mol. The molecule has 1 aromatic carbocycles. The molecule has 1 aliphatic rings. The molecular weight excluding hydrogens is 394 g/mol. The summed E-state index contributed by atoms with van der Waals surface area (Å²) in [5.41, 5.74) is 1.85. The van der Waals surface area contributed by atoms with Gasteiger partial charge in [-0.25, -0.2) is 13.8 Å². The number of nitrogens with zero attached hydrogens (tertiary/aromatic N) is 1. The standard InChI is InChI=1S/C26H32F2N2O/c1-4-6-8-22-23(9-7-5-2)25(29-16-19-14-15-31-18-19)30-17-24(22)20-10-12-21(13-11-20)26(3,27)28/h5,7-13,17,19H,4,6,14-16,18H2,1-3H3,(H,29,30)/b7-5-,22-8-,23-9+. The molecule has 1 N–H and O–H groups in total. The number of alkyl halides is 2. The Morgan fingerprint density at radius 1 is 1.23 bits per heavy atom. The molecule has 0 bridgehead atoms. The largest absolute Gasteiger partial charge is 0.381 e. The van der Waals surface area contributed by atoms with Crippen LogP contribution in [0.15, 0.2) is 42.6 Å². The fraction of sp³-hybridized carbons (Fsp3) is 0.423. The van der Waals surface area contributed by atoms with Crippen LogP contribution in [0.3, 0.4) is 0 Å². The summed E-state index contributed by atoms with van der Waals surface area (Å²) in [4.78, 5) is 4.72. The van der Waals surface area contributed by atoms with Crippen molar-refractivity contribution in [2.24, 2.45) is 5.92 Å². The van der Waals surface area contributed by atoms with Crippen LogP contribution in [0.4, 0.5) is 14.6 Å². The maximum atomic E-state index is 13.7. The lowest BCUT2D eigenvalue weighted by molar-refractivity contribution is 0.0175. The van der Waals surface area contributed by atoms with Gasteiger partial charge in [0.1, 0.15) is 5.82 Å². The molecule has 0 spiro atoms. The lowest BCUT2D eigenvalue weighted by Crippen LogP contribution is -2.32. The molecule has 0 amide bonds. The fourth-order valence-corrected chi connectivity index (χ4v) is 3.71. The highest BCUT2D eigenvalue weighted by Gasteiger charge is 2.23. The van der Waals surface area contributed by atoms with E-state index in [0.717, 1.165) is 73.3 Å². The Balaban J connectivity index is 2.08. The zero-order chi connectivity index (χ0) is 22.3.